The van der Waals surface area contributed by atoms with Gasteiger partial charge in [-0.25, -0.2) is 17.9 Å². The minimum Gasteiger partial charge on any atom is -0.389 e. The average molecular weight is 566 g/mol. The van der Waals surface area contributed by atoms with Crippen LogP contribution in [0.25, 0.3) is 0 Å². The van der Waals surface area contributed by atoms with Crippen LogP contribution in [0.2, 0.25) is 0 Å². The number of aliphatic hydroxyl groups excluding tert-OH is 1. The van der Waals surface area contributed by atoms with Crippen LogP contribution >= 0.6 is 0 Å². The highest BCUT2D eigenvalue weighted by Gasteiger charge is 2.45. The van der Waals surface area contributed by atoms with Gasteiger partial charge in [-0.15, -0.1) is 0 Å². The molecule has 2 saturated heterocycles. The molecule has 2 aromatic rings. The molecular formula is C30H36FN5O3S. The van der Waals surface area contributed by atoms with Crippen LogP contribution in [0.5, 0.6) is 0 Å². The summed E-state index contributed by atoms with van der Waals surface area (Å²) in [5.41, 5.74) is 3.18. The molecule has 3 fully saturated rings. The molecule has 4 aliphatic rings. The fourth-order valence-electron chi connectivity index (χ4n) is 5.77. The molecule has 0 bridgehead atoms. The first-order valence-electron chi connectivity index (χ1n) is 13.8. The molecule has 3 N–H and O–H groups in total. The topological polar surface area (TPSA) is 102 Å². The zero-order chi connectivity index (χ0) is 27.9. The number of rotatable bonds is 10. The number of benzene rings is 1. The van der Waals surface area contributed by atoms with Crippen LogP contribution in [-0.2, 0) is 14.4 Å². The summed E-state index contributed by atoms with van der Waals surface area (Å²) >= 11 is 0. The molecule has 40 heavy (non-hydrogen) atoms. The number of allylic oxidation sites excluding steroid dienone is 2. The lowest BCUT2D eigenvalue weighted by Gasteiger charge is -2.47. The van der Waals surface area contributed by atoms with Crippen molar-refractivity contribution < 1.29 is 18.4 Å². The Bertz CT molecular complexity index is 1430. The molecule has 0 amide bonds. The van der Waals surface area contributed by atoms with E-state index in [1.165, 1.54) is 36.8 Å². The molecule has 2 aliphatic heterocycles. The van der Waals surface area contributed by atoms with Crippen molar-refractivity contribution in [2.75, 3.05) is 49.6 Å². The van der Waals surface area contributed by atoms with Crippen LogP contribution in [0.15, 0.2) is 70.4 Å². The molecule has 212 valence electrons. The average Bonchev–Trinajstić information content (AvgIpc) is 3.76. The number of hydrogen-bond acceptors (Lipinski definition) is 7. The highest BCUT2D eigenvalue weighted by molar-refractivity contribution is 7.98. The van der Waals surface area contributed by atoms with Crippen molar-refractivity contribution in [2.24, 2.45) is 11.3 Å². The summed E-state index contributed by atoms with van der Waals surface area (Å²) in [4.78, 5) is 7.08. The molecule has 1 aromatic heterocycles. The fraction of sp³-hybridized carbons (Fsp3) is 0.433. The molecule has 8 nitrogen and oxygen atoms in total. The van der Waals surface area contributed by atoms with Crippen molar-refractivity contribution in [3.05, 3.63) is 71.3 Å². The molecule has 3 heterocycles. The highest BCUT2D eigenvalue weighted by atomic mass is 32.2. The second-order valence-corrected chi connectivity index (χ2v) is 13.7. The van der Waals surface area contributed by atoms with Crippen molar-refractivity contribution in [1.29, 1.82) is 5.41 Å². The van der Waals surface area contributed by atoms with E-state index >= 15 is 0 Å². The Morgan fingerprint density at radius 2 is 2.02 bits per heavy atom. The summed E-state index contributed by atoms with van der Waals surface area (Å²) in [6, 6.07) is 9.88. The fourth-order valence-corrected chi connectivity index (χ4v) is 7.41. The van der Waals surface area contributed by atoms with Crippen molar-refractivity contribution in [3.63, 3.8) is 0 Å². The van der Waals surface area contributed by atoms with Gasteiger partial charge in [-0.2, -0.15) is 0 Å². The second kappa shape index (κ2) is 10.7. The molecule has 2 atom stereocenters. The van der Waals surface area contributed by atoms with Gasteiger partial charge >= 0.3 is 0 Å². The predicted molar refractivity (Wildman–Crippen MR) is 157 cm³/mol. The summed E-state index contributed by atoms with van der Waals surface area (Å²) in [7, 11) is -2.82. The maximum absolute atomic E-state index is 14.2. The van der Waals surface area contributed by atoms with E-state index in [2.05, 4.69) is 22.2 Å². The van der Waals surface area contributed by atoms with Crippen LogP contribution in [0.4, 0.5) is 15.9 Å². The monoisotopic (exact) mass is 565 g/mol. The number of β-amino-alcohol motifs (C(OH)–C–C–N with tert-alkyl or cyclic N) is 1. The van der Waals surface area contributed by atoms with Crippen LogP contribution < -0.4 is 10.2 Å². The Labute approximate surface area is 235 Å². The Kier molecular flexibility index (Phi) is 7.28. The maximum atomic E-state index is 14.2. The first-order valence-corrected chi connectivity index (χ1v) is 15.5. The van der Waals surface area contributed by atoms with Crippen LogP contribution in [0.1, 0.15) is 25.7 Å². The molecule has 1 saturated carbocycles. The lowest BCUT2D eigenvalue weighted by Crippen LogP contribution is -2.51. The summed E-state index contributed by atoms with van der Waals surface area (Å²) < 4.78 is 35.9. The largest absolute Gasteiger partial charge is 0.389 e. The third-order valence-corrected chi connectivity index (χ3v) is 10.5. The Morgan fingerprint density at radius 1 is 1.25 bits per heavy atom. The normalized spacial score (nSPS) is 25.1. The number of piperidine rings is 1. The smallest absolute Gasteiger partial charge is 0.128 e. The molecule has 0 spiro atoms. The second-order valence-electron chi connectivity index (χ2n) is 11.5. The van der Waals surface area contributed by atoms with Crippen molar-refractivity contribution in [2.45, 2.75) is 36.7 Å². The summed E-state index contributed by atoms with van der Waals surface area (Å²) in [6.07, 6.45) is 8.45. The van der Waals surface area contributed by atoms with Crippen molar-refractivity contribution in [3.8, 4) is 0 Å². The number of halogens is 1. The summed E-state index contributed by atoms with van der Waals surface area (Å²) in [5, 5.41) is 21.2. The van der Waals surface area contributed by atoms with Crippen LogP contribution in [0.3, 0.4) is 0 Å². The number of aliphatic hydroxyl groups is 1. The number of fused-ring (bicyclic) bond motifs is 1. The van der Waals surface area contributed by atoms with Gasteiger partial charge in [0.15, 0.2) is 0 Å². The first-order chi connectivity index (χ1) is 19.3. The Balaban J connectivity index is 1.25. The van der Waals surface area contributed by atoms with Crippen molar-refractivity contribution >= 4 is 33.3 Å². The van der Waals surface area contributed by atoms with Gasteiger partial charge in [0.1, 0.15) is 11.6 Å². The molecule has 1 aromatic carbocycles. The van der Waals surface area contributed by atoms with Gasteiger partial charge in [-0.1, -0.05) is 5.57 Å². The van der Waals surface area contributed by atoms with Crippen LogP contribution in [-0.4, -0.2) is 76.2 Å². The van der Waals surface area contributed by atoms with E-state index in [-0.39, 0.29) is 11.9 Å². The number of hydrogen-bond donors (Lipinski definition) is 3. The van der Waals surface area contributed by atoms with Gasteiger partial charge in [0.25, 0.3) is 0 Å². The molecular weight excluding hydrogens is 529 g/mol. The number of anilines is 2. The maximum Gasteiger partial charge on any atom is 0.128 e. The molecule has 10 heteroatoms. The van der Waals surface area contributed by atoms with Gasteiger partial charge in [-0.3, -0.25) is 0 Å². The zero-order valence-corrected chi connectivity index (χ0v) is 23.3. The SMILES string of the molecule is C=S(=O)(c1ccc(N2CC(O)C2)nc1)N1CCC2=CC(Nc3ccc(F)cc3)=C(C=N)C[C@]2(COCC2CC2)C1. The van der Waals surface area contributed by atoms with E-state index in [0.29, 0.717) is 56.4 Å². The lowest BCUT2D eigenvalue weighted by molar-refractivity contribution is 0.0364. The minimum absolute atomic E-state index is 0.297. The summed E-state index contributed by atoms with van der Waals surface area (Å²) in [5.74, 6) is 5.27. The molecule has 2 aliphatic carbocycles. The van der Waals surface area contributed by atoms with E-state index in [1.54, 1.807) is 18.3 Å². The molecule has 0 radical (unpaired) electrons. The third kappa shape index (κ3) is 5.45. The summed E-state index contributed by atoms with van der Waals surface area (Å²) in [6.45, 7) is 3.37. The Hall–Kier alpha value is -3.05. The Morgan fingerprint density at radius 3 is 2.67 bits per heavy atom. The lowest BCUT2D eigenvalue weighted by atomic mass is 9.69. The van der Waals surface area contributed by atoms with E-state index in [1.807, 2.05) is 21.3 Å². The number of aromatic nitrogens is 1. The van der Waals surface area contributed by atoms with E-state index in [4.69, 9.17) is 10.1 Å². The van der Waals surface area contributed by atoms with Gasteiger partial charge in [0.05, 0.1) is 27.3 Å². The zero-order valence-electron chi connectivity index (χ0n) is 22.5. The van der Waals surface area contributed by atoms with Gasteiger partial charge in [0.2, 0.25) is 0 Å². The predicted octanol–water partition coefficient (Wildman–Crippen LogP) is 3.86. The van der Waals surface area contributed by atoms with E-state index < -0.39 is 15.1 Å². The quantitative estimate of drug-likeness (QED) is 0.299. The molecule has 1 unspecified atom stereocenters. The number of nitrogens with one attached hydrogen (secondary N) is 2. The van der Waals surface area contributed by atoms with E-state index in [9.17, 15) is 13.7 Å². The van der Waals surface area contributed by atoms with E-state index in [0.717, 1.165) is 29.4 Å². The number of ether oxygens (including phenoxy) is 1. The standard InChI is InChI=1S/C30H36FN5O3S/c1-40(38,27-8-9-29(33-15-27)35-16-26(37)17-35)36-11-10-23-12-28(34-25-6-4-24(31)5-7-25)22(14-32)13-30(23,19-36)20-39-18-21-2-3-21/h4-9,12,14-15,21,26,32,34,37H,1-3,10-11,13,16-20H2/t30-,40?/m1/s1. The van der Waals surface area contributed by atoms with Gasteiger partial charge in [0, 0.05) is 62.0 Å². The van der Waals surface area contributed by atoms with Crippen LogP contribution in [0, 0.1) is 22.6 Å². The molecule has 6 rings (SSSR count). The number of nitrogens with zero attached hydrogens (tertiary/aromatic N) is 3. The minimum atomic E-state index is -2.82. The van der Waals surface area contributed by atoms with Gasteiger partial charge < -0.3 is 25.5 Å². The highest BCUT2D eigenvalue weighted by Crippen LogP contribution is 2.46. The third-order valence-electron chi connectivity index (χ3n) is 8.40. The first kappa shape index (κ1) is 27.1. The van der Waals surface area contributed by atoms with Crippen molar-refractivity contribution in [1.82, 2.24) is 9.29 Å². The van der Waals surface area contributed by atoms with Gasteiger partial charge in [-0.05, 0) is 85.5 Å². The number of pyridine rings is 1.